The number of aliphatic hydroxyl groups is 1. The van der Waals surface area contributed by atoms with Gasteiger partial charge in [0, 0.05) is 47.8 Å². The molecule has 3 amide bonds. The Bertz CT molecular complexity index is 1880. The van der Waals surface area contributed by atoms with Gasteiger partial charge in [-0.1, -0.05) is 37.3 Å². The number of aryl methyl sites for hydroxylation is 1. The fourth-order valence-electron chi connectivity index (χ4n) is 8.84. The van der Waals surface area contributed by atoms with Crippen molar-refractivity contribution in [2.75, 3.05) is 23.0 Å². The van der Waals surface area contributed by atoms with E-state index in [-0.39, 0.29) is 48.7 Å². The lowest BCUT2D eigenvalue weighted by atomic mass is 9.82. The van der Waals surface area contributed by atoms with Crippen molar-refractivity contribution < 1.29 is 33.3 Å². The van der Waals surface area contributed by atoms with Crippen molar-refractivity contribution in [3.05, 3.63) is 93.5 Å². The van der Waals surface area contributed by atoms with Gasteiger partial charge in [0.15, 0.2) is 5.60 Å². The minimum Gasteiger partial charge on any atom is -0.394 e. The predicted octanol–water partition coefficient (Wildman–Crippen LogP) is 5.90. The number of nitro benzene ring substituents is 1. The molecule has 13 heteroatoms. The van der Waals surface area contributed by atoms with Crippen molar-refractivity contribution in [2.45, 2.75) is 82.0 Å². The van der Waals surface area contributed by atoms with Crippen LogP contribution >= 0.6 is 0 Å². The van der Waals surface area contributed by atoms with Gasteiger partial charge in [0.05, 0.1) is 48.0 Å². The maximum Gasteiger partial charge on any atom is 0.269 e. The molecule has 3 aromatic rings. The van der Waals surface area contributed by atoms with Crippen molar-refractivity contribution in [3.63, 3.8) is 0 Å². The molecule has 2 fully saturated rings. The normalized spacial score (nSPS) is 26.1. The van der Waals surface area contributed by atoms with E-state index in [4.69, 9.17) is 4.74 Å². The number of likely N-dealkylation sites (tertiary alicyclic amines) is 1. The van der Waals surface area contributed by atoms with E-state index in [9.17, 15) is 29.6 Å². The molecule has 4 heterocycles. The number of rotatable bonds is 8. The fraction of sp³-hybridized carbons (Fsp3) is 0.432. The highest BCUT2D eigenvalue weighted by Crippen LogP contribution is 2.61. The summed E-state index contributed by atoms with van der Waals surface area (Å²) >= 11 is 0. The maximum absolute atomic E-state index is 16.3. The lowest BCUT2D eigenvalue weighted by Gasteiger charge is -2.31. The van der Waals surface area contributed by atoms with Gasteiger partial charge in [-0.05, 0) is 67.7 Å². The van der Waals surface area contributed by atoms with E-state index in [1.54, 1.807) is 16.7 Å². The zero-order valence-corrected chi connectivity index (χ0v) is 29.4. The number of carbonyl (C=O) groups excluding carboxylic acids is 3. The third kappa shape index (κ3) is 5.51. The monoisotopic (exact) mass is 700 g/mol. The number of carbonyl (C=O) groups is 3. The third-order valence-electron chi connectivity index (χ3n) is 11.0. The molecule has 262 valence electrons. The molecule has 1 spiro atoms. The highest BCUT2D eigenvalue weighted by molar-refractivity contribution is 6.72. The van der Waals surface area contributed by atoms with Gasteiger partial charge in [-0.2, -0.15) is 0 Å². The smallest absolute Gasteiger partial charge is 0.269 e. The number of anilines is 3. The van der Waals surface area contributed by atoms with Crippen molar-refractivity contribution in [3.8, 4) is 0 Å². The van der Waals surface area contributed by atoms with Crippen LogP contribution in [0.3, 0.4) is 0 Å². The third-order valence-corrected chi connectivity index (χ3v) is 13.5. The summed E-state index contributed by atoms with van der Waals surface area (Å²) in [6.45, 7) is 5.20. The largest absolute Gasteiger partial charge is 0.394 e. The fourth-order valence-corrected chi connectivity index (χ4v) is 11.3. The van der Waals surface area contributed by atoms with E-state index in [1.807, 2.05) is 48.5 Å². The number of aliphatic hydroxyl groups excluding tert-OH is 1. The lowest BCUT2D eigenvalue weighted by Crippen LogP contribution is -2.45. The average Bonchev–Trinajstić information content (AvgIpc) is 3.75. The minimum absolute atomic E-state index is 0.0354. The van der Waals surface area contributed by atoms with Crippen LogP contribution in [0.15, 0.2) is 66.7 Å². The number of ether oxygens (including phenoxy) is 1. The molecule has 50 heavy (non-hydrogen) atoms. The zero-order chi connectivity index (χ0) is 35.5. The number of halogens is 1. The summed E-state index contributed by atoms with van der Waals surface area (Å²) in [6.07, 6.45) is 1.33. The second-order valence-electron chi connectivity index (χ2n) is 14.4. The molecule has 5 atom stereocenters. The number of fused-ring (bicyclic) bond motifs is 3. The Kier molecular flexibility index (Phi) is 8.64. The van der Waals surface area contributed by atoms with Crippen LogP contribution in [0.5, 0.6) is 0 Å². The van der Waals surface area contributed by atoms with E-state index in [1.165, 1.54) is 36.2 Å². The van der Waals surface area contributed by atoms with Crippen LogP contribution in [0.25, 0.3) is 0 Å². The van der Waals surface area contributed by atoms with Gasteiger partial charge in [-0.15, -0.1) is 0 Å². The summed E-state index contributed by atoms with van der Waals surface area (Å²) in [7, 11) is -3.61. The highest BCUT2D eigenvalue weighted by Gasteiger charge is 2.67. The number of nitro groups is 1. The van der Waals surface area contributed by atoms with Gasteiger partial charge in [0.2, 0.25) is 20.2 Å². The van der Waals surface area contributed by atoms with Crippen LogP contribution in [-0.4, -0.2) is 66.4 Å². The Morgan fingerprint density at radius 3 is 2.60 bits per heavy atom. The minimum atomic E-state index is -3.61. The maximum atomic E-state index is 16.3. The first-order chi connectivity index (χ1) is 23.8. The van der Waals surface area contributed by atoms with Crippen LogP contribution < -0.4 is 9.80 Å². The Labute approximate surface area is 291 Å². The first-order valence-electron chi connectivity index (χ1n) is 17.2. The van der Waals surface area contributed by atoms with Crippen molar-refractivity contribution in [1.29, 1.82) is 0 Å². The van der Waals surface area contributed by atoms with E-state index in [2.05, 4.69) is 0 Å². The number of para-hydroxylation sites is 1. The number of amides is 3. The van der Waals surface area contributed by atoms with Crippen LogP contribution in [0, 0.1) is 16.0 Å². The second-order valence-corrected chi connectivity index (χ2v) is 18.2. The molecule has 7 rings (SSSR count). The molecule has 1 N–H and O–H groups in total. The first kappa shape index (κ1) is 34.0. The zero-order valence-electron chi connectivity index (χ0n) is 28.4. The van der Waals surface area contributed by atoms with Crippen molar-refractivity contribution in [1.82, 2.24) is 4.90 Å². The Balaban J connectivity index is 1.26. The van der Waals surface area contributed by atoms with Crippen LogP contribution in [-0.2, 0) is 37.7 Å². The molecule has 4 aliphatic rings. The van der Waals surface area contributed by atoms with E-state index >= 15 is 4.11 Å². The molecular weight excluding hydrogens is 660 g/mol. The second kappa shape index (κ2) is 12.7. The van der Waals surface area contributed by atoms with Crippen LogP contribution in [0.2, 0.25) is 18.6 Å². The average molecular weight is 701 g/mol. The SMILES string of the molecule is C[C@@H]1[C@@H]([Si](C)(C)F)[C@H](CC(=O)N2CCC[C@H]2CO)O[C@@]12C(=O)N(Cc1cccc(N3C(=O)CCc4ccccc43)c1)c1ccc([N+](=O)[O-])cc12. The molecule has 0 radical (unpaired) electrons. The Morgan fingerprint density at radius 2 is 1.86 bits per heavy atom. The Morgan fingerprint density at radius 1 is 1.08 bits per heavy atom. The summed E-state index contributed by atoms with van der Waals surface area (Å²) in [5.74, 6) is -1.53. The van der Waals surface area contributed by atoms with E-state index in [0.29, 0.717) is 42.7 Å². The topological polar surface area (TPSA) is 134 Å². The summed E-state index contributed by atoms with van der Waals surface area (Å²) < 4.78 is 23.0. The number of hydrogen-bond acceptors (Lipinski definition) is 7. The van der Waals surface area contributed by atoms with Gasteiger partial charge >= 0.3 is 0 Å². The molecule has 4 aliphatic heterocycles. The van der Waals surface area contributed by atoms with Crippen molar-refractivity contribution >= 4 is 48.9 Å². The number of benzene rings is 3. The van der Waals surface area contributed by atoms with E-state index < -0.39 is 42.4 Å². The number of nitrogens with zero attached hydrogens (tertiary/aromatic N) is 4. The number of non-ortho nitro benzene ring substituents is 1. The summed E-state index contributed by atoms with van der Waals surface area (Å²) in [5.41, 5.74) is 1.19. The first-order valence-corrected chi connectivity index (χ1v) is 20.2. The molecular formula is C37H41FN4O7Si. The van der Waals surface area contributed by atoms with Gasteiger partial charge in [-0.25, -0.2) is 0 Å². The summed E-state index contributed by atoms with van der Waals surface area (Å²) in [6, 6.07) is 19.0. The molecule has 0 aromatic heterocycles. The van der Waals surface area contributed by atoms with Crippen LogP contribution in [0.1, 0.15) is 49.3 Å². The predicted molar refractivity (Wildman–Crippen MR) is 187 cm³/mol. The standard InChI is InChI=1S/C37H41FN4O7Si/c1-23-35(50(2,3)38)32(20-34(45)39-17-7-11-28(39)22-43)49-37(23)29-19-27(42(47)48)14-15-31(29)40(36(37)46)21-24-8-6-10-26(18-24)41-30-12-5-4-9-25(30)13-16-33(41)44/h4-6,8-10,12,14-15,18-19,23,28,32,35,43H,7,11,13,16-17,20-22H2,1-3H3/t23-,28+,32+,35-,37+/m1/s1. The summed E-state index contributed by atoms with van der Waals surface area (Å²) in [5, 5.41) is 21.8. The highest BCUT2D eigenvalue weighted by atomic mass is 28.4. The van der Waals surface area contributed by atoms with Gasteiger partial charge in [0.1, 0.15) is 0 Å². The molecule has 0 aliphatic carbocycles. The molecule has 3 aromatic carbocycles. The lowest BCUT2D eigenvalue weighted by molar-refractivity contribution is -0.385. The molecule has 0 unspecified atom stereocenters. The van der Waals surface area contributed by atoms with Gasteiger partial charge < -0.3 is 23.8 Å². The Hall–Kier alpha value is -4.46. The van der Waals surface area contributed by atoms with Crippen molar-refractivity contribution in [2.24, 2.45) is 5.92 Å². The summed E-state index contributed by atoms with van der Waals surface area (Å²) in [4.78, 5) is 58.0. The molecule has 11 nitrogen and oxygen atoms in total. The van der Waals surface area contributed by atoms with E-state index in [0.717, 1.165) is 17.7 Å². The quantitative estimate of drug-likeness (QED) is 0.134. The van der Waals surface area contributed by atoms with Gasteiger partial charge in [-0.3, -0.25) is 29.4 Å². The van der Waals surface area contributed by atoms with Gasteiger partial charge in [0.25, 0.3) is 11.6 Å². The molecule has 0 bridgehead atoms. The molecule has 2 saturated heterocycles. The number of hydrogen-bond donors (Lipinski definition) is 1. The van der Waals surface area contributed by atoms with Crippen LogP contribution in [0.4, 0.5) is 26.9 Å². The molecule has 0 saturated carbocycles.